The molecule has 0 spiro atoms. The molecule has 0 aromatic heterocycles. The van der Waals surface area contributed by atoms with Crippen LogP contribution in [0.1, 0.15) is 25.0 Å². The van der Waals surface area contributed by atoms with Crippen molar-refractivity contribution in [1.82, 2.24) is 5.32 Å². The molecule has 0 atom stereocenters. The smallest absolute Gasteiger partial charge is 0.121 e. The summed E-state index contributed by atoms with van der Waals surface area (Å²) in [4.78, 5) is 0. The van der Waals surface area contributed by atoms with Crippen LogP contribution in [0.25, 0.3) is 0 Å². The van der Waals surface area contributed by atoms with Gasteiger partial charge in [-0.1, -0.05) is 55.8 Å². The largest absolute Gasteiger partial charge is 0.489 e. The van der Waals surface area contributed by atoms with Crippen LogP contribution < -0.4 is 10.1 Å². The summed E-state index contributed by atoms with van der Waals surface area (Å²) in [5.41, 5.74) is 2.43. The van der Waals surface area contributed by atoms with Crippen LogP contribution in [0.15, 0.2) is 48.5 Å². The molecule has 2 aromatic rings. The fourth-order valence-electron chi connectivity index (χ4n) is 1.80. The fourth-order valence-corrected chi connectivity index (χ4v) is 1.98. The first-order chi connectivity index (χ1) is 9.63. The van der Waals surface area contributed by atoms with Crippen molar-refractivity contribution in [3.05, 3.63) is 64.7 Å². The number of ether oxygens (including phenoxy) is 1. The maximum absolute atomic E-state index is 5.92. The van der Waals surface area contributed by atoms with E-state index in [9.17, 15) is 0 Å². The van der Waals surface area contributed by atoms with E-state index >= 15 is 0 Å². The molecule has 0 saturated heterocycles. The SMILES string of the molecule is CC(C)NCc1ccc(COc2cccc(Cl)c2)cc1. The first-order valence-electron chi connectivity index (χ1n) is 6.83. The van der Waals surface area contributed by atoms with Gasteiger partial charge < -0.3 is 10.1 Å². The van der Waals surface area contributed by atoms with E-state index in [1.807, 2.05) is 24.3 Å². The van der Waals surface area contributed by atoms with Crippen molar-refractivity contribution < 1.29 is 4.74 Å². The highest BCUT2D eigenvalue weighted by atomic mass is 35.5. The standard InChI is InChI=1S/C17H20ClNO/c1-13(2)19-11-14-6-8-15(9-7-14)12-20-17-5-3-4-16(18)10-17/h3-10,13,19H,11-12H2,1-2H3. The molecule has 0 saturated carbocycles. The molecule has 2 rings (SSSR count). The molecule has 20 heavy (non-hydrogen) atoms. The van der Waals surface area contributed by atoms with Crippen LogP contribution in [0.2, 0.25) is 5.02 Å². The molecule has 0 unspecified atom stereocenters. The van der Waals surface area contributed by atoms with E-state index in [0.29, 0.717) is 17.7 Å². The van der Waals surface area contributed by atoms with Gasteiger partial charge in [-0.25, -0.2) is 0 Å². The van der Waals surface area contributed by atoms with Crippen molar-refractivity contribution >= 4 is 11.6 Å². The van der Waals surface area contributed by atoms with Gasteiger partial charge in [0.1, 0.15) is 12.4 Å². The highest BCUT2D eigenvalue weighted by Crippen LogP contribution is 2.18. The van der Waals surface area contributed by atoms with Crippen molar-refractivity contribution in [3.8, 4) is 5.75 Å². The Morgan fingerprint density at radius 1 is 1.05 bits per heavy atom. The van der Waals surface area contributed by atoms with Crippen molar-refractivity contribution in [3.63, 3.8) is 0 Å². The highest BCUT2D eigenvalue weighted by Gasteiger charge is 1.99. The molecule has 0 aliphatic carbocycles. The number of hydrogen-bond acceptors (Lipinski definition) is 2. The predicted molar refractivity (Wildman–Crippen MR) is 84.2 cm³/mol. The number of rotatable bonds is 6. The van der Waals surface area contributed by atoms with Crippen LogP contribution in [-0.4, -0.2) is 6.04 Å². The quantitative estimate of drug-likeness (QED) is 0.850. The lowest BCUT2D eigenvalue weighted by Gasteiger charge is -2.09. The zero-order valence-electron chi connectivity index (χ0n) is 11.9. The molecule has 2 nitrogen and oxygen atoms in total. The second kappa shape index (κ2) is 7.32. The molecule has 0 bridgehead atoms. The van der Waals surface area contributed by atoms with Crippen LogP contribution in [0, 0.1) is 0 Å². The van der Waals surface area contributed by atoms with Gasteiger partial charge in [-0.2, -0.15) is 0 Å². The van der Waals surface area contributed by atoms with Crippen molar-refractivity contribution in [1.29, 1.82) is 0 Å². The Morgan fingerprint density at radius 2 is 1.75 bits per heavy atom. The van der Waals surface area contributed by atoms with Gasteiger partial charge >= 0.3 is 0 Å². The second-order valence-electron chi connectivity index (χ2n) is 5.10. The van der Waals surface area contributed by atoms with Crippen molar-refractivity contribution in [2.75, 3.05) is 0 Å². The maximum atomic E-state index is 5.92. The Kier molecular flexibility index (Phi) is 5.45. The van der Waals surface area contributed by atoms with Gasteiger partial charge in [-0.05, 0) is 29.3 Å². The number of benzene rings is 2. The van der Waals surface area contributed by atoms with Gasteiger partial charge in [0, 0.05) is 17.6 Å². The Balaban J connectivity index is 1.87. The van der Waals surface area contributed by atoms with E-state index in [4.69, 9.17) is 16.3 Å². The monoisotopic (exact) mass is 289 g/mol. The van der Waals surface area contributed by atoms with E-state index < -0.39 is 0 Å². The van der Waals surface area contributed by atoms with Gasteiger partial charge in [0.25, 0.3) is 0 Å². The Hall–Kier alpha value is -1.51. The van der Waals surface area contributed by atoms with Crippen LogP contribution in [0.4, 0.5) is 0 Å². The molecule has 0 aliphatic heterocycles. The van der Waals surface area contributed by atoms with Gasteiger partial charge in [-0.15, -0.1) is 0 Å². The summed E-state index contributed by atoms with van der Waals surface area (Å²) < 4.78 is 5.71. The van der Waals surface area contributed by atoms with E-state index in [-0.39, 0.29) is 0 Å². The topological polar surface area (TPSA) is 21.3 Å². The van der Waals surface area contributed by atoms with Crippen LogP contribution in [0.5, 0.6) is 5.75 Å². The minimum Gasteiger partial charge on any atom is -0.489 e. The third kappa shape index (κ3) is 4.87. The molecular weight excluding hydrogens is 270 g/mol. The maximum Gasteiger partial charge on any atom is 0.121 e. The molecular formula is C17H20ClNO. The predicted octanol–water partition coefficient (Wildman–Crippen LogP) is 4.42. The van der Waals surface area contributed by atoms with E-state index in [2.05, 4.69) is 43.4 Å². The van der Waals surface area contributed by atoms with Crippen molar-refractivity contribution in [2.45, 2.75) is 33.0 Å². The first-order valence-corrected chi connectivity index (χ1v) is 7.21. The lowest BCUT2D eigenvalue weighted by atomic mass is 10.1. The number of nitrogens with one attached hydrogen (secondary N) is 1. The van der Waals surface area contributed by atoms with Crippen LogP contribution in [-0.2, 0) is 13.2 Å². The van der Waals surface area contributed by atoms with Gasteiger partial charge in [-0.3, -0.25) is 0 Å². The molecule has 0 heterocycles. The highest BCUT2D eigenvalue weighted by molar-refractivity contribution is 6.30. The molecule has 0 radical (unpaired) electrons. The summed E-state index contributed by atoms with van der Waals surface area (Å²) >= 11 is 5.92. The third-order valence-corrected chi connectivity index (χ3v) is 3.17. The summed E-state index contributed by atoms with van der Waals surface area (Å²) in [6.07, 6.45) is 0. The second-order valence-corrected chi connectivity index (χ2v) is 5.53. The van der Waals surface area contributed by atoms with Gasteiger partial charge in [0.2, 0.25) is 0 Å². The Morgan fingerprint density at radius 3 is 2.40 bits per heavy atom. The average Bonchev–Trinajstić information content (AvgIpc) is 2.44. The molecule has 1 N–H and O–H groups in total. The summed E-state index contributed by atoms with van der Waals surface area (Å²) in [5, 5.41) is 4.09. The van der Waals surface area contributed by atoms with E-state index in [1.165, 1.54) is 5.56 Å². The molecule has 0 fully saturated rings. The number of halogens is 1. The molecule has 3 heteroatoms. The molecule has 2 aromatic carbocycles. The Bertz CT molecular complexity index is 537. The molecule has 106 valence electrons. The zero-order valence-corrected chi connectivity index (χ0v) is 12.7. The van der Waals surface area contributed by atoms with Crippen LogP contribution in [0.3, 0.4) is 0 Å². The third-order valence-electron chi connectivity index (χ3n) is 2.94. The lowest BCUT2D eigenvalue weighted by molar-refractivity contribution is 0.306. The normalized spacial score (nSPS) is 10.8. The lowest BCUT2D eigenvalue weighted by Crippen LogP contribution is -2.21. The minimum absolute atomic E-state index is 0.501. The average molecular weight is 290 g/mol. The summed E-state index contributed by atoms with van der Waals surface area (Å²) in [6.45, 7) is 5.74. The summed E-state index contributed by atoms with van der Waals surface area (Å²) in [7, 11) is 0. The Labute approximate surface area is 125 Å². The van der Waals surface area contributed by atoms with Crippen LogP contribution >= 0.6 is 11.6 Å². The number of hydrogen-bond donors (Lipinski definition) is 1. The zero-order chi connectivity index (χ0) is 14.4. The fraction of sp³-hybridized carbons (Fsp3) is 0.294. The summed E-state index contributed by atoms with van der Waals surface area (Å²) in [5.74, 6) is 0.794. The molecule has 0 amide bonds. The van der Waals surface area contributed by atoms with Crippen molar-refractivity contribution in [2.24, 2.45) is 0 Å². The minimum atomic E-state index is 0.501. The van der Waals surface area contributed by atoms with E-state index in [1.54, 1.807) is 0 Å². The van der Waals surface area contributed by atoms with Gasteiger partial charge in [0.05, 0.1) is 0 Å². The van der Waals surface area contributed by atoms with Gasteiger partial charge in [0.15, 0.2) is 0 Å². The molecule has 0 aliphatic rings. The first kappa shape index (κ1) is 14.9. The summed E-state index contributed by atoms with van der Waals surface area (Å²) in [6, 6.07) is 16.4. The van der Waals surface area contributed by atoms with E-state index in [0.717, 1.165) is 17.9 Å².